The fourth-order valence-corrected chi connectivity index (χ4v) is 2.42. The highest BCUT2D eigenvalue weighted by Gasteiger charge is 2.11. The summed E-state index contributed by atoms with van der Waals surface area (Å²) >= 11 is 1.54. The second-order valence-corrected chi connectivity index (χ2v) is 5.31. The minimum atomic E-state index is -0.640. The van der Waals surface area contributed by atoms with Gasteiger partial charge in [-0.1, -0.05) is 0 Å². The summed E-state index contributed by atoms with van der Waals surface area (Å²) < 4.78 is 13.6. The molecule has 0 saturated heterocycles. The summed E-state index contributed by atoms with van der Waals surface area (Å²) in [6, 6.07) is 3.53. The van der Waals surface area contributed by atoms with Gasteiger partial charge in [-0.2, -0.15) is 0 Å². The molecule has 5 nitrogen and oxygen atoms in total. The van der Waals surface area contributed by atoms with E-state index < -0.39 is 10.7 Å². The van der Waals surface area contributed by atoms with Crippen LogP contribution in [0.25, 0.3) is 0 Å². The molecule has 0 radical (unpaired) electrons. The topological polar surface area (TPSA) is 68.1 Å². The van der Waals surface area contributed by atoms with Gasteiger partial charge in [-0.3, -0.25) is 10.1 Å². The van der Waals surface area contributed by atoms with Crippen molar-refractivity contribution < 1.29 is 9.31 Å². The molecular formula is C12H12FN3O2S. The van der Waals surface area contributed by atoms with Gasteiger partial charge in [0.15, 0.2) is 5.82 Å². The zero-order chi connectivity index (χ0) is 14.0. The molecule has 0 spiro atoms. The van der Waals surface area contributed by atoms with Crippen LogP contribution in [0.5, 0.6) is 0 Å². The van der Waals surface area contributed by atoms with Crippen molar-refractivity contribution in [3.05, 3.63) is 49.7 Å². The van der Waals surface area contributed by atoms with E-state index in [9.17, 15) is 14.5 Å². The van der Waals surface area contributed by atoms with E-state index in [1.807, 2.05) is 13.8 Å². The number of hydrogen-bond donors (Lipinski definition) is 1. The summed E-state index contributed by atoms with van der Waals surface area (Å²) in [6.07, 6.45) is 0. The molecule has 0 unspecified atom stereocenters. The molecule has 2 aromatic rings. The molecular weight excluding hydrogens is 269 g/mol. The molecule has 2 rings (SSSR count). The first-order valence-electron chi connectivity index (χ1n) is 5.58. The molecule has 1 heterocycles. The first kappa shape index (κ1) is 13.4. The summed E-state index contributed by atoms with van der Waals surface area (Å²) in [5, 5.41) is 14.2. The molecule has 0 saturated carbocycles. The Morgan fingerprint density at radius 3 is 2.74 bits per heavy atom. The van der Waals surface area contributed by atoms with Gasteiger partial charge in [0.2, 0.25) is 0 Å². The number of thiazole rings is 1. The van der Waals surface area contributed by atoms with Crippen LogP contribution in [0.2, 0.25) is 0 Å². The Morgan fingerprint density at radius 1 is 1.47 bits per heavy atom. The van der Waals surface area contributed by atoms with Gasteiger partial charge in [-0.15, -0.1) is 11.3 Å². The lowest BCUT2D eigenvalue weighted by Gasteiger charge is -2.05. The molecule has 0 bridgehead atoms. The summed E-state index contributed by atoms with van der Waals surface area (Å²) in [6.45, 7) is 4.29. The highest BCUT2D eigenvalue weighted by molar-refractivity contribution is 7.11. The molecule has 0 atom stereocenters. The number of halogens is 1. The second kappa shape index (κ2) is 5.31. The van der Waals surface area contributed by atoms with E-state index in [4.69, 9.17) is 0 Å². The van der Waals surface area contributed by atoms with Crippen LogP contribution in [0.4, 0.5) is 15.8 Å². The van der Waals surface area contributed by atoms with Crippen LogP contribution in [-0.4, -0.2) is 9.91 Å². The predicted molar refractivity (Wildman–Crippen MR) is 72.0 cm³/mol. The SMILES string of the molecule is Cc1nc(CNc2ccc([N+](=O)[O-])cc2F)sc1C. The predicted octanol–water partition coefficient (Wildman–Crippen LogP) is 3.42. The molecule has 0 aliphatic heterocycles. The Hall–Kier alpha value is -2.02. The maximum Gasteiger partial charge on any atom is 0.272 e. The minimum absolute atomic E-state index is 0.233. The van der Waals surface area contributed by atoms with Gasteiger partial charge < -0.3 is 5.32 Å². The van der Waals surface area contributed by atoms with Crippen LogP contribution in [0, 0.1) is 29.8 Å². The lowest BCUT2D eigenvalue weighted by atomic mass is 10.2. The van der Waals surface area contributed by atoms with E-state index in [-0.39, 0.29) is 11.4 Å². The number of aromatic nitrogens is 1. The van der Waals surface area contributed by atoms with Gasteiger partial charge in [0, 0.05) is 10.9 Å². The zero-order valence-electron chi connectivity index (χ0n) is 10.4. The number of nitrogens with one attached hydrogen (secondary N) is 1. The number of benzene rings is 1. The molecule has 0 aliphatic carbocycles. The largest absolute Gasteiger partial charge is 0.376 e. The molecule has 1 N–H and O–H groups in total. The van der Waals surface area contributed by atoms with E-state index in [0.717, 1.165) is 21.6 Å². The number of nitro groups is 1. The van der Waals surface area contributed by atoms with Crippen molar-refractivity contribution in [1.29, 1.82) is 0 Å². The summed E-state index contributed by atoms with van der Waals surface area (Å²) in [5.74, 6) is -0.640. The molecule has 19 heavy (non-hydrogen) atoms. The van der Waals surface area contributed by atoms with E-state index in [1.54, 1.807) is 11.3 Å². The van der Waals surface area contributed by atoms with Gasteiger partial charge in [0.05, 0.1) is 28.9 Å². The Labute approximate surface area is 113 Å². The van der Waals surface area contributed by atoms with E-state index in [1.165, 1.54) is 12.1 Å². The van der Waals surface area contributed by atoms with Crippen LogP contribution in [0.15, 0.2) is 18.2 Å². The maximum atomic E-state index is 13.6. The number of aryl methyl sites for hydroxylation is 2. The van der Waals surface area contributed by atoms with Crippen LogP contribution in [0.1, 0.15) is 15.6 Å². The highest BCUT2D eigenvalue weighted by Crippen LogP contribution is 2.22. The van der Waals surface area contributed by atoms with Gasteiger partial charge in [0.25, 0.3) is 5.69 Å². The van der Waals surface area contributed by atoms with E-state index in [2.05, 4.69) is 10.3 Å². The fraction of sp³-hybridized carbons (Fsp3) is 0.250. The van der Waals surface area contributed by atoms with Gasteiger partial charge in [-0.05, 0) is 19.9 Å². The third kappa shape index (κ3) is 3.05. The fourth-order valence-electron chi connectivity index (χ4n) is 1.55. The minimum Gasteiger partial charge on any atom is -0.376 e. The van der Waals surface area contributed by atoms with Crippen LogP contribution in [0.3, 0.4) is 0 Å². The molecule has 1 aromatic carbocycles. The van der Waals surface area contributed by atoms with Crippen molar-refractivity contribution in [2.45, 2.75) is 20.4 Å². The first-order chi connectivity index (χ1) is 8.97. The van der Waals surface area contributed by atoms with Crippen molar-refractivity contribution in [1.82, 2.24) is 4.98 Å². The van der Waals surface area contributed by atoms with Crippen molar-refractivity contribution in [2.24, 2.45) is 0 Å². The lowest BCUT2D eigenvalue weighted by Crippen LogP contribution is -2.01. The molecule has 100 valence electrons. The second-order valence-electron chi connectivity index (χ2n) is 4.02. The summed E-state index contributed by atoms with van der Waals surface area (Å²) in [4.78, 5) is 15.3. The molecule has 0 fully saturated rings. The van der Waals surface area contributed by atoms with Crippen molar-refractivity contribution in [2.75, 3.05) is 5.32 Å². The average Bonchev–Trinajstić information content (AvgIpc) is 2.67. The number of anilines is 1. The highest BCUT2D eigenvalue weighted by atomic mass is 32.1. The van der Waals surface area contributed by atoms with Crippen LogP contribution < -0.4 is 5.32 Å². The molecule has 0 amide bonds. The van der Waals surface area contributed by atoms with Crippen molar-refractivity contribution in [3.8, 4) is 0 Å². The number of rotatable bonds is 4. The number of hydrogen-bond acceptors (Lipinski definition) is 5. The smallest absolute Gasteiger partial charge is 0.272 e. The van der Waals surface area contributed by atoms with Crippen molar-refractivity contribution >= 4 is 22.7 Å². The maximum absolute atomic E-state index is 13.6. The lowest BCUT2D eigenvalue weighted by molar-refractivity contribution is -0.385. The van der Waals surface area contributed by atoms with Gasteiger partial charge >= 0.3 is 0 Å². The van der Waals surface area contributed by atoms with E-state index >= 15 is 0 Å². The molecule has 0 aliphatic rings. The number of non-ortho nitro benzene ring substituents is 1. The average molecular weight is 281 g/mol. The third-order valence-electron chi connectivity index (χ3n) is 2.67. The Bertz CT molecular complexity index is 608. The Kier molecular flexibility index (Phi) is 3.75. The summed E-state index contributed by atoms with van der Waals surface area (Å²) in [5.41, 5.74) is 0.936. The Balaban J connectivity index is 2.09. The normalized spacial score (nSPS) is 10.5. The monoisotopic (exact) mass is 281 g/mol. The number of nitrogens with zero attached hydrogens (tertiary/aromatic N) is 2. The third-order valence-corrected chi connectivity index (χ3v) is 3.74. The van der Waals surface area contributed by atoms with Crippen LogP contribution >= 0.6 is 11.3 Å². The van der Waals surface area contributed by atoms with Gasteiger partial charge in [-0.25, -0.2) is 9.37 Å². The number of nitro benzene ring substituents is 1. The first-order valence-corrected chi connectivity index (χ1v) is 6.39. The zero-order valence-corrected chi connectivity index (χ0v) is 11.3. The molecule has 7 heteroatoms. The standard InChI is InChI=1S/C12H12FN3O2S/c1-7-8(2)19-12(15-7)6-14-11-4-3-9(16(17)18)5-10(11)13/h3-5,14H,6H2,1-2H3. The summed E-state index contributed by atoms with van der Waals surface area (Å²) in [7, 11) is 0. The van der Waals surface area contributed by atoms with E-state index in [0.29, 0.717) is 6.54 Å². The Morgan fingerprint density at radius 2 is 2.21 bits per heavy atom. The molecule has 1 aromatic heterocycles. The van der Waals surface area contributed by atoms with Crippen molar-refractivity contribution in [3.63, 3.8) is 0 Å². The quantitative estimate of drug-likeness (QED) is 0.688. The van der Waals surface area contributed by atoms with Crippen LogP contribution in [-0.2, 0) is 6.54 Å². The van der Waals surface area contributed by atoms with Gasteiger partial charge in [0.1, 0.15) is 5.01 Å².